The molecule has 7 nitrogen and oxygen atoms in total. The summed E-state index contributed by atoms with van der Waals surface area (Å²) in [4.78, 5) is 20.3. The van der Waals surface area contributed by atoms with Gasteiger partial charge in [-0.3, -0.25) is 4.79 Å². The van der Waals surface area contributed by atoms with E-state index in [0.717, 1.165) is 19.3 Å². The van der Waals surface area contributed by atoms with E-state index in [-0.39, 0.29) is 36.8 Å². The molecule has 0 radical (unpaired) electrons. The first-order chi connectivity index (χ1) is 10.2. The number of unbranched alkanes of at least 4 members (excludes halogenated alkanes) is 1. The van der Waals surface area contributed by atoms with Crippen molar-refractivity contribution in [3.05, 3.63) is 36.5 Å². The number of rotatable bonds is 7. The Bertz CT molecular complexity index is 578. The van der Waals surface area contributed by atoms with Crippen LogP contribution in [0.15, 0.2) is 31.0 Å². The quantitative estimate of drug-likeness (QED) is 0.783. The summed E-state index contributed by atoms with van der Waals surface area (Å²) < 4.78 is 1.51. The van der Waals surface area contributed by atoms with Gasteiger partial charge in [-0.2, -0.15) is 5.10 Å². The second-order valence-electron chi connectivity index (χ2n) is 4.79. The van der Waals surface area contributed by atoms with Crippen LogP contribution in [-0.2, 0) is 0 Å². The van der Waals surface area contributed by atoms with Crippen LogP contribution in [0.4, 0.5) is 0 Å². The van der Waals surface area contributed by atoms with E-state index in [1.54, 1.807) is 18.3 Å². The van der Waals surface area contributed by atoms with Crippen molar-refractivity contribution in [2.75, 3.05) is 6.54 Å². The molecule has 128 valence electrons. The molecule has 0 aliphatic carbocycles. The molecule has 1 unspecified atom stereocenters. The molecule has 3 N–H and O–H groups in total. The van der Waals surface area contributed by atoms with E-state index in [1.165, 1.54) is 17.3 Å². The number of nitrogens with one attached hydrogen (secondary N) is 1. The van der Waals surface area contributed by atoms with Crippen LogP contribution in [0.3, 0.4) is 0 Å². The first kappa shape index (κ1) is 21.3. The van der Waals surface area contributed by atoms with Gasteiger partial charge in [0.05, 0.1) is 0 Å². The largest absolute Gasteiger partial charge is 0.348 e. The molecule has 9 heteroatoms. The first-order valence-electron chi connectivity index (χ1n) is 7.06. The average molecular weight is 361 g/mol. The number of hydrogen-bond donors (Lipinski definition) is 2. The zero-order valence-corrected chi connectivity index (χ0v) is 14.5. The van der Waals surface area contributed by atoms with Gasteiger partial charge in [-0.1, -0.05) is 19.8 Å². The molecule has 0 saturated heterocycles. The lowest BCUT2D eigenvalue weighted by Crippen LogP contribution is -2.40. The van der Waals surface area contributed by atoms with Crippen molar-refractivity contribution >= 4 is 30.7 Å². The Morgan fingerprint density at radius 1 is 1.43 bits per heavy atom. The van der Waals surface area contributed by atoms with Crippen molar-refractivity contribution in [1.29, 1.82) is 0 Å². The Labute approximate surface area is 147 Å². The number of pyridine rings is 1. The highest BCUT2D eigenvalue weighted by atomic mass is 35.5. The van der Waals surface area contributed by atoms with Gasteiger partial charge < -0.3 is 11.1 Å². The molecule has 0 bridgehead atoms. The van der Waals surface area contributed by atoms with Crippen molar-refractivity contribution in [1.82, 2.24) is 25.1 Å². The zero-order valence-electron chi connectivity index (χ0n) is 12.9. The summed E-state index contributed by atoms with van der Waals surface area (Å²) in [7, 11) is 0. The maximum absolute atomic E-state index is 12.3. The fourth-order valence-corrected chi connectivity index (χ4v) is 1.98. The second kappa shape index (κ2) is 10.9. The Hall–Kier alpha value is -1.70. The molecule has 1 atom stereocenters. The molecule has 1 amide bonds. The van der Waals surface area contributed by atoms with Gasteiger partial charge in [-0.25, -0.2) is 14.6 Å². The summed E-state index contributed by atoms with van der Waals surface area (Å²) in [6.07, 6.45) is 7.55. The number of carbonyl (C=O) groups excluding carboxylic acids is 1. The van der Waals surface area contributed by atoms with Crippen LogP contribution in [0.2, 0.25) is 0 Å². The first-order valence-corrected chi connectivity index (χ1v) is 7.06. The van der Waals surface area contributed by atoms with E-state index in [1.807, 2.05) is 0 Å². The number of hydrogen-bond acceptors (Lipinski definition) is 5. The number of nitrogens with two attached hydrogens (primary N) is 1. The maximum Gasteiger partial charge on any atom is 0.251 e. The lowest BCUT2D eigenvalue weighted by Gasteiger charge is -2.16. The molecule has 2 aromatic heterocycles. The number of aromatic nitrogens is 4. The fraction of sp³-hybridized carbons (Fsp3) is 0.429. The summed E-state index contributed by atoms with van der Waals surface area (Å²) in [5.74, 6) is 0.406. The normalized spacial score (nSPS) is 11.0. The number of nitrogens with zero attached hydrogens (tertiary/aromatic N) is 4. The van der Waals surface area contributed by atoms with Gasteiger partial charge in [-0.05, 0) is 18.6 Å². The van der Waals surface area contributed by atoms with Crippen LogP contribution in [0.5, 0.6) is 0 Å². The molecule has 2 heterocycles. The minimum Gasteiger partial charge on any atom is -0.348 e. The lowest BCUT2D eigenvalue weighted by molar-refractivity contribution is 0.0935. The summed E-state index contributed by atoms with van der Waals surface area (Å²) >= 11 is 0. The molecule has 2 rings (SSSR count). The van der Waals surface area contributed by atoms with Crippen LogP contribution in [-0.4, -0.2) is 38.2 Å². The molecular formula is C14H22Cl2N6O. The van der Waals surface area contributed by atoms with Crippen molar-refractivity contribution in [3.8, 4) is 5.82 Å². The van der Waals surface area contributed by atoms with E-state index in [0.29, 0.717) is 17.9 Å². The van der Waals surface area contributed by atoms with E-state index in [4.69, 9.17) is 5.73 Å². The predicted molar refractivity (Wildman–Crippen MR) is 93.5 cm³/mol. The van der Waals surface area contributed by atoms with Crippen molar-refractivity contribution in [2.24, 2.45) is 5.73 Å². The fourth-order valence-electron chi connectivity index (χ4n) is 1.98. The number of amides is 1. The van der Waals surface area contributed by atoms with E-state index >= 15 is 0 Å². The van der Waals surface area contributed by atoms with E-state index in [2.05, 4.69) is 27.3 Å². The van der Waals surface area contributed by atoms with Gasteiger partial charge in [0.15, 0.2) is 5.82 Å². The molecular weight excluding hydrogens is 339 g/mol. The topological polar surface area (TPSA) is 98.7 Å². The van der Waals surface area contributed by atoms with Gasteiger partial charge in [0, 0.05) is 24.3 Å². The van der Waals surface area contributed by atoms with Crippen LogP contribution < -0.4 is 11.1 Å². The smallest absolute Gasteiger partial charge is 0.251 e. The summed E-state index contributed by atoms with van der Waals surface area (Å²) in [6, 6.07) is 3.35. The number of carbonyl (C=O) groups is 1. The van der Waals surface area contributed by atoms with Crippen LogP contribution in [0, 0.1) is 0 Å². The maximum atomic E-state index is 12.3. The molecule has 0 aliphatic rings. The summed E-state index contributed by atoms with van der Waals surface area (Å²) in [5.41, 5.74) is 6.23. The van der Waals surface area contributed by atoms with Gasteiger partial charge in [0.1, 0.15) is 12.7 Å². The van der Waals surface area contributed by atoms with Gasteiger partial charge in [-0.15, -0.1) is 24.8 Å². The SMILES string of the molecule is CCCCC(CN)NC(=O)c1ccnc(-n2cncn2)c1.Cl.Cl. The third kappa shape index (κ3) is 6.13. The Morgan fingerprint density at radius 2 is 2.22 bits per heavy atom. The van der Waals surface area contributed by atoms with Gasteiger partial charge in [0.2, 0.25) is 0 Å². The average Bonchev–Trinajstić information content (AvgIpc) is 3.05. The van der Waals surface area contributed by atoms with Crippen LogP contribution in [0.25, 0.3) is 5.82 Å². The highest BCUT2D eigenvalue weighted by molar-refractivity contribution is 5.94. The number of halogens is 2. The van der Waals surface area contributed by atoms with Crippen LogP contribution >= 0.6 is 24.8 Å². The van der Waals surface area contributed by atoms with Crippen LogP contribution in [0.1, 0.15) is 36.5 Å². The third-order valence-electron chi connectivity index (χ3n) is 3.19. The molecule has 0 saturated carbocycles. The molecule has 0 spiro atoms. The Morgan fingerprint density at radius 3 is 2.83 bits per heavy atom. The van der Waals surface area contributed by atoms with Crippen molar-refractivity contribution in [3.63, 3.8) is 0 Å². The lowest BCUT2D eigenvalue weighted by atomic mass is 10.1. The highest BCUT2D eigenvalue weighted by Crippen LogP contribution is 2.07. The summed E-state index contributed by atoms with van der Waals surface area (Å²) in [5, 5.41) is 6.95. The van der Waals surface area contributed by atoms with Gasteiger partial charge >= 0.3 is 0 Å². The van der Waals surface area contributed by atoms with Gasteiger partial charge in [0.25, 0.3) is 5.91 Å². The Kier molecular flexibility index (Phi) is 10.1. The van der Waals surface area contributed by atoms with Crippen molar-refractivity contribution < 1.29 is 4.79 Å². The second-order valence-corrected chi connectivity index (χ2v) is 4.79. The summed E-state index contributed by atoms with van der Waals surface area (Å²) in [6.45, 7) is 2.55. The van der Waals surface area contributed by atoms with E-state index in [9.17, 15) is 4.79 Å². The standard InChI is InChI=1S/C14H20N6O.2ClH/c1-2-3-4-12(8-15)19-14(21)11-5-6-17-13(7-11)20-10-16-9-18-20;;/h5-7,9-10,12H,2-4,8,15H2,1H3,(H,19,21);2*1H. The molecule has 0 aliphatic heterocycles. The van der Waals surface area contributed by atoms with Crippen molar-refractivity contribution in [2.45, 2.75) is 32.2 Å². The molecule has 0 fully saturated rings. The predicted octanol–water partition coefficient (Wildman–Crippen LogP) is 1.75. The minimum atomic E-state index is -0.148. The van der Waals surface area contributed by atoms with E-state index < -0.39 is 0 Å². The third-order valence-corrected chi connectivity index (χ3v) is 3.19. The highest BCUT2D eigenvalue weighted by Gasteiger charge is 2.13. The zero-order chi connectivity index (χ0) is 15.1. The molecule has 2 aromatic rings. The molecule has 23 heavy (non-hydrogen) atoms. The Balaban J connectivity index is 0.00000242. The minimum absolute atomic E-state index is 0. The monoisotopic (exact) mass is 360 g/mol. The molecule has 0 aromatic carbocycles.